The number of benzene rings is 2. The van der Waals surface area contributed by atoms with E-state index in [1.165, 1.54) is 17.7 Å². The Labute approximate surface area is 156 Å². The predicted molar refractivity (Wildman–Crippen MR) is 99.1 cm³/mol. The average molecular weight is 383 g/mol. The van der Waals surface area contributed by atoms with E-state index in [4.69, 9.17) is 13.9 Å². The first-order chi connectivity index (χ1) is 13.1. The Hall–Kier alpha value is -3.46. The van der Waals surface area contributed by atoms with Crippen LogP contribution in [0.4, 0.5) is 5.13 Å². The second-order valence-electron chi connectivity index (χ2n) is 5.51. The van der Waals surface area contributed by atoms with Gasteiger partial charge in [0.2, 0.25) is 0 Å². The molecule has 4 aromatic rings. The lowest BCUT2D eigenvalue weighted by molar-refractivity contribution is -0.119. The quantitative estimate of drug-likeness (QED) is 0.528. The van der Waals surface area contributed by atoms with Crippen molar-refractivity contribution in [3.05, 3.63) is 48.4 Å². The number of aromatic nitrogens is 2. The van der Waals surface area contributed by atoms with Crippen LogP contribution in [-0.4, -0.2) is 35.6 Å². The van der Waals surface area contributed by atoms with E-state index >= 15 is 0 Å². The van der Waals surface area contributed by atoms with E-state index in [0.717, 1.165) is 10.2 Å². The molecule has 1 N–H and O–H groups in total. The highest BCUT2D eigenvalue weighted by atomic mass is 32.1. The Bertz CT molecular complexity index is 1150. The summed E-state index contributed by atoms with van der Waals surface area (Å²) in [5.74, 6) is -0.386. The second-order valence-corrected chi connectivity index (χ2v) is 6.54. The largest absolute Gasteiger partial charge is 0.497 e. The summed E-state index contributed by atoms with van der Waals surface area (Å²) < 4.78 is 16.2. The minimum Gasteiger partial charge on any atom is -0.497 e. The number of ether oxygens (including phenoxy) is 2. The number of hydrogen-bond donors (Lipinski definition) is 1. The zero-order valence-electron chi connectivity index (χ0n) is 14.1. The maximum absolute atomic E-state index is 12.1. The number of fused-ring (bicyclic) bond motifs is 2. The highest BCUT2D eigenvalue weighted by molar-refractivity contribution is 7.22. The number of rotatable bonds is 5. The topological polar surface area (TPSA) is 104 Å². The molecule has 0 aliphatic carbocycles. The molecule has 2 aromatic heterocycles. The van der Waals surface area contributed by atoms with Gasteiger partial charge in [0, 0.05) is 0 Å². The number of nitrogens with one attached hydrogen (secondary N) is 1. The third-order valence-electron chi connectivity index (χ3n) is 3.74. The van der Waals surface area contributed by atoms with Crippen LogP contribution in [0, 0.1) is 0 Å². The van der Waals surface area contributed by atoms with Gasteiger partial charge in [0.15, 0.2) is 23.7 Å². The molecule has 0 unspecified atom stereocenters. The van der Waals surface area contributed by atoms with Crippen LogP contribution in [0.5, 0.6) is 5.75 Å². The molecular weight excluding hydrogens is 370 g/mol. The van der Waals surface area contributed by atoms with Crippen molar-refractivity contribution in [3.8, 4) is 5.75 Å². The second kappa shape index (κ2) is 7.04. The molecule has 0 aliphatic rings. The van der Waals surface area contributed by atoms with Crippen LogP contribution in [0.25, 0.3) is 21.3 Å². The number of amides is 1. The van der Waals surface area contributed by atoms with Crippen LogP contribution >= 0.6 is 11.3 Å². The fourth-order valence-electron chi connectivity index (χ4n) is 2.44. The van der Waals surface area contributed by atoms with Gasteiger partial charge in [-0.05, 0) is 36.4 Å². The van der Waals surface area contributed by atoms with Crippen LogP contribution < -0.4 is 10.1 Å². The van der Waals surface area contributed by atoms with Gasteiger partial charge < -0.3 is 13.9 Å². The summed E-state index contributed by atoms with van der Waals surface area (Å²) >= 11 is 1.31. The molecule has 0 atom stereocenters. The first-order valence-corrected chi connectivity index (χ1v) is 8.69. The molecule has 136 valence electrons. The third kappa shape index (κ3) is 3.58. The van der Waals surface area contributed by atoms with E-state index in [9.17, 15) is 9.59 Å². The maximum atomic E-state index is 12.1. The van der Waals surface area contributed by atoms with Gasteiger partial charge in [0.25, 0.3) is 5.91 Å². The molecule has 0 radical (unpaired) electrons. The number of carbonyl (C=O) groups excluding carboxylic acids is 2. The normalized spacial score (nSPS) is 10.9. The molecule has 0 spiro atoms. The molecule has 0 fully saturated rings. The number of hydrogen-bond acceptors (Lipinski definition) is 8. The van der Waals surface area contributed by atoms with Crippen molar-refractivity contribution in [3.63, 3.8) is 0 Å². The minimum absolute atomic E-state index is 0.288. The van der Waals surface area contributed by atoms with E-state index in [1.54, 1.807) is 37.4 Å². The van der Waals surface area contributed by atoms with Crippen molar-refractivity contribution in [1.82, 2.24) is 9.97 Å². The molecule has 4 rings (SSSR count). The molecule has 0 aliphatic heterocycles. The molecule has 27 heavy (non-hydrogen) atoms. The molecule has 1 amide bonds. The number of oxazole rings is 1. The summed E-state index contributed by atoms with van der Waals surface area (Å²) in [5.41, 5.74) is 2.14. The molecular formula is C18H13N3O5S. The average Bonchev–Trinajstić information content (AvgIpc) is 3.30. The lowest BCUT2D eigenvalue weighted by atomic mass is 10.2. The molecule has 8 nitrogen and oxygen atoms in total. The number of anilines is 1. The van der Waals surface area contributed by atoms with Gasteiger partial charge in [0.1, 0.15) is 11.3 Å². The summed E-state index contributed by atoms with van der Waals surface area (Å²) in [6, 6.07) is 10.1. The number of nitrogens with zero attached hydrogens (tertiary/aromatic N) is 2. The molecule has 2 aromatic carbocycles. The molecule has 9 heteroatoms. The number of methoxy groups -OCH3 is 1. The Morgan fingerprint density at radius 1 is 1.19 bits per heavy atom. The van der Waals surface area contributed by atoms with Crippen molar-refractivity contribution in [2.75, 3.05) is 19.0 Å². The maximum Gasteiger partial charge on any atom is 0.338 e. The van der Waals surface area contributed by atoms with Crippen molar-refractivity contribution < 1.29 is 23.5 Å². The van der Waals surface area contributed by atoms with Crippen LogP contribution in [0.2, 0.25) is 0 Å². The van der Waals surface area contributed by atoms with Crippen molar-refractivity contribution >= 4 is 49.7 Å². The standard InChI is InChI=1S/C18H13N3O5S/c1-24-11-3-4-12-15(7-11)27-18(20-12)21-16(22)8-25-17(23)10-2-5-14-13(6-10)19-9-26-14/h2-7,9H,8H2,1H3,(H,20,21,22). The number of carbonyl (C=O) groups is 2. The monoisotopic (exact) mass is 383 g/mol. The zero-order valence-corrected chi connectivity index (χ0v) is 14.9. The fraction of sp³-hybridized carbons (Fsp3) is 0.111. The first-order valence-electron chi connectivity index (χ1n) is 7.87. The van der Waals surface area contributed by atoms with E-state index in [-0.39, 0.29) is 5.56 Å². The van der Waals surface area contributed by atoms with Crippen LogP contribution in [0.15, 0.2) is 47.2 Å². The van der Waals surface area contributed by atoms with Crippen molar-refractivity contribution in [2.24, 2.45) is 0 Å². The van der Waals surface area contributed by atoms with Gasteiger partial charge in [-0.1, -0.05) is 11.3 Å². The Morgan fingerprint density at radius 3 is 2.93 bits per heavy atom. The van der Waals surface area contributed by atoms with Crippen LogP contribution in [0.3, 0.4) is 0 Å². The van der Waals surface area contributed by atoms with Crippen molar-refractivity contribution in [2.45, 2.75) is 0 Å². The summed E-state index contributed by atoms with van der Waals surface area (Å²) in [4.78, 5) is 32.4. The van der Waals surface area contributed by atoms with Gasteiger partial charge in [0.05, 0.1) is 22.9 Å². The molecule has 2 heterocycles. The molecule has 0 saturated carbocycles. The first kappa shape index (κ1) is 17.0. The van der Waals surface area contributed by atoms with E-state index in [0.29, 0.717) is 22.0 Å². The predicted octanol–water partition coefficient (Wildman–Crippen LogP) is 3.24. The van der Waals surface area contributed by atoms with Crippen LogP contribution in [-0.2, 0) is 9.53 Å². The Morgan fingerprint density at radius 2 is 2.07 bits per heavy atom. The Kier molecular flexibility index (Phi) is 4.43. The summed E-state index contributed by atoms with van der Waals surface area (Å²) in [6.45, 7) is -0.422. The third-order valence-corrected chi connectivity index (χ3v) is 4.68. The van der Waals surface area contributed by atoms with E-state index < -0.39 is 18.5 Å². The van der Waals surface area contributed by atoms with E-state index in [1.807, 2.05) is 6.07 Å². The Balaban J connectivity index is 1.38. The summed E-state index contributed by atoms with van der Waals surface area (Å²) in [7, 11) is 1.58. The van der Waals surface area contributed by atoms with Crippen LogP contribution in [0.1, 0.15) is 10.4 Å². The highest BCUT2D eigenvalue weighted by Crippen LogP contribution is 2.29. The lowest BCUT2D eigenvalue weighted by Gasteiger charge is -2.04. The fourth-order valence-corrected chi connectivity index (χ4v) is 3.35. The zero-order chi connectivity index (χ0) is 18.8. The lowest BCUT2D eigenvalue weighted by Crippen LogP contribution is -2.20. The van der Waals surface area contributed by atoms with Gasteiger partial charge in [-0.25, -0.2) is 14.8 Å². The van der Waals surface area contributed by atoms with Gasteiger partial charge >= 0.3 is 5.97 Å². The number of esters is 1. The summed E-state index contributed by atoms with van der Waals surface area (Å²) in [5, 5.41) is 3.04. The van der Waals surface area contributed by atoms with Crippen molar-refractivity contribution in [1.29, 1.82) is 0 Å². The smallest absolute Gasteiger partial charge is 0.338 e. The van der Waals surface area contributed by atoms with E-state index in [2.05, 4.69) is 15.3 Å². The molecule has 0 saturated heterocycles. The van der Waals surface area contributed by atoms with Gasteiger partial charge in [-0.15, -0.1) is 0 Å². The summed E-state index contributed by atoms with van der Waals surface area (Å²) in [6.07, 6.45) is 1.29. The van der Waals surface area contributed by atoms with Gasteiger partial charge in [-0.2, -0.15) is 0 Å². The van der Waals surface area contributed by atoms with Gasteiger partial charge in [-0.3, -0.25) is 10.1 Å². The highest BCUT2D eigenvalue weighted by Gasteiger charge is 2.14. The SMILES string of the molecule is COc1ccc2nc(NC(=O)COC(=O)c3ccc4ocnc4c3)sc2c1. The number of thiazole rings is 1. The molecule has 0 bridgehead atoms. The minimum atomic E-state index is -0.621.